The highest BCUT2D eigenvalue weighted by Crippen LogP contribution is 2.62. The molecular weight excluding hydrogens is 755 g/mol. The van der Waals surface area contributed by atoms with Crippen LogP contribution in [0.15, 0.2) is 237 Å². The van der Waals surface area contributed by atoms with Crippen molar-refractivity contribution in [3.63, 3.8) is 0 Å². The molecular formula is C59H39NO2. The van der Waals surface area contributed by atoms with Crippen LogP contribution in [0.25, 0.3) is 44.2 Å². The molecule has 3 nitrogen and oxygen atoms in total. The zero-order valence-electron chi connectivity index (χ0n) is 33.8. The second kappa shape index (κ2) is 14.5. The molecule has 10 aromatic rings. The largest absolute Gasteiger partial charge is 0.449 e. The molecule has 0 saturated carbocycles. The first-order valence-electron chi connectivity index (χ1n) is 21.2. The number of nitrogens with zero attached hydrogens (tertiary/aromatic N) is 1. The Morgan fingerprint density at radius 3 is 1.65 bits per heavy atom. The van der Waals surface area contributed by atoms with Gasteiger partial charge in [0.2, 0.25) is 0 Å². The van der Waals surface area contributed by atoms with Crippen LogP contribution in [-0.2, 0) is 5.41 Å². The molecule has 0 fully saturated rings. The van der Waals surface area contributed by atoms with Crippen molar-refractivity contribution in [3.05, 3.63) is 259 Å². The summed E-state index contributed by atoms with van der Waals surface area (Å²) in [6.07, 6.45) is 0. The highest BCUT2D eigenvalue weighted by atomic mass is 16.6. The fraction of sp³-hybridized carbons (Fsp3) is 0.0169. The fourth-order valence-electron chi connectivity index (χ4n) is 9.92. The van der Waals surface area contributed by atoms with Crippen molar-refractivity contribution in [2.24, 2.45) is 0 Å². The molecule has 10 aromatic carbocycles. The van der Waals surface area contributed by atoms with Crippen LogP contribution in [0, 0.1) is 0 Å². The lowest BCUT2D eigenvalue weighted by molar-refractivity contribution is 0.360. The molecule has 292 valence electrons. The van der Waals surface area contributed by atoms with Crippen LogP contribution in [0.2, 0.25) is 0 Å². The van der Waals surface area contributed by atoms with E-state index in [1.54, 1.807) is 0 Å². The van der Waals surface area contributed by atoms with Gasteiger partial charge in [0.1, 0.15) is 0 Å². The van der Waals surface area contributed by atoms with Crippen molar-refractivity contribution in [3.8, 4) is 56.4 Å². The van der Waals surface area contributed by atoms with E-state index in [1.165, 1.54) is 44.3 Å². The second-order valence-electron chi connectivity index (χ2n) is 16.0. The first-order chi connectivity index (χ1) is 30.8. The third-order valence-electron chi connectivity index (χ3n) is 12.6. The smallest absolute Gasteiger partial charge is 0.178 e. The first-order valence-corrected chi connectivity index (χ1v) is 21.2. The van der Waals surface area contributed by atoms with Gasteiger partial charge >= 0.3 is 0 Å². The van der Waals surface area contributed by atoms with Crippen LogP contribution >= 0.6 is 0 Å². The van der Waals surface area contributed by atoms with Gasteiger partial charge in [0, 0.05) is 22.7 Å². The van der Waals surface area contributed by atoms with Gasteiger partial charge in [-0.2, -0.15) is 0 Å². The van der Waals surface area contributed by atoms with Crippen molar-refractivity contribution in [2.45, 2.75) is 5.41 Å². The Labute approximate surface area is 361 Å². The van der Waals surface area contributed by atoms with Crippen LogP contribution in [-0.4, -0.2) is 0 Å². The molecule has 2 aliphatic rings. The molecule has 0 atom stereocenters. The van der Waals surface area contributed by atoms with E-state index in [9.17, 15) is 0 Å². The van der Waals surface area contributed by atoms with Crippen LogP contribution in [0.1, 0.15) is 22.3 Å². The lowest BCUT2D eigenvalue weighted by Gasteiger charge is -2.34. The lowest BCUT2D eigenvalue weighted by atomic mass is 9.68. The van der Waals surface area contributed by atoms with Crippen LogP contribution in [0.5, 0.6) is 23.0 Å². The molecule has 0 saturated heterocycles. The predicted molar refractivity (Wildman–Crippen MR) is 253 cm³/mol. The molecule has 1 aliphatic heterocycles. The minimum absolute atomic E-state index is 0.533. The topological polar surface area (TPSA) is 21.7 Å². The molecule has 0 unspecified atom stereocenters. The maximum absolute atomic E-state index is 7.03. The van der Waals surface area contributed by atoms with Crippen molar-refractivity contribution < 1.29 is 9.47 Å². The van der Waals surface area contributed by atoms with Crippen LogP contribution in [0.4, 0.5) is 17.1 Å². The van der Waals surface area contributed by atoms with Crippen molar-refractivity contribution in [2.75, 3.05) is 4.90 Å². The number of fused-ring (bicyclic) bond motifs is 7. The first kappa shape index (κ1) is 35.8. The predicted octanol–water partition coefficient (Wildman–Crippen LogP) is 15.9. The van der Waals surface area contributed by atoms with E-state index in [1.807, 2.05) is 0 Å². The third kappa shape index (κ3) is 5.59. The third-order valence-corrected chi connectivity index (χ3v) is 12.6. The molecule has 0 spiro atoms. The summed E-state index contributed by atoms with van der Waals surface area (Å²) in [7, 11) is 0. The molecule has 62 heavy (non-hydrogen) atoms. The summed E-state index contributed by atoms with van der Waals surface area (Å²) in [6.45, 7) is 0. The van der Waals surface area contributed by atoms with Gasteiger partial charge in [-0.3, -0.25) is 0 Å². The van der Waals surface area contributed by atoms with Crippen molar-refractivity contribution in [1.82, 2.24) is 0 Å². The van der Waals surface area contributed by atoms with Gasteiger partial charge in [-0.1, -0.05) is 194 Å². The SMILES string of the molecule is c1ccc(-c2ccccc2-c2ccc(N(c3ccc4c(c3)Oc3ccc5c(c3O4)-c3ccccc3C5(c3ccccc3)c3ccccc3)c3cccc4ccccc34)cc2)cc1. The zero-order valence-corrected chi connectivity index (χ0v) is 33.8. The van der Waals surface area contributed by atoms with Crippen molar-refractivity contribution >= 4 is 27.8 Å². The molecule has 0 amide bonds. The number of hydrogen-bond acceptors (Lipinski definition) is 3. The molecule has 0 bridgehead atoms. The second-order valence-corrected chi connectivity index (χ2v) is 16.0. The number of ether oxygens (including phenoxy) is 2. The summed E-state index contributed by atoms with van der Waals surface area (Å²) in [4.78, 5) is 2.32. The van der Waals surface area contributed by atoms with E-state index < -0.39 is 5.41 Å². The van der Waals surface area contributed by atoms with Gasteiger partial charge in [-0.25, -0.2) is 0 Å². The Hall–Kier alpha value is -8.14. The van der Waals surface area contributed by atoms with Gasteiger partial charge in [-0.05, 0) is 91.9 Å². The van der Waals surface area contributed by atoms with E-state index >= 15 is 0 Å². The van der Waals surface area contributed by atoms with Crippen LogP contribution < -0.4 is 14.4 Å². The minimum atomic E-state index is -0.533. The summed E-state index contributed by atoms with van der Waals surface area (Å²) in [5, 5.41) is 2.33. The number of rotatable bonds is 7. The summed E-state index contributed by atoms with van der Waals surface area (Å²) in [5.74, 6) is 2.77. The Morgan fingerprint density at radius 1 is 0.355 bits per heavy atom. The molecule has 0 aromatic heterocycles. The highest BCUT2D eigenvalue weighted by molar-refractivity contribution is 5.99. The minimum Gasteiger partial charge on any atom is -0.449 e. The van der Waals surface area contributed by atoms with Gasteiger partial charge in [0.15, 0.2) is 23.0 Å². The normalized spacial score (nSPS) is 12.9. The standard InChI is InChI=1S/C59H39NO2/c1-4-17-40(18-5-1)47-25-12-13-26-48(47)42-31-33-45(34-32-42)60(53-30-16-20-41-19-10-11-27-49(41)53)46-35-37-54-56(39-46)61-55-38-36-52-57(58(55)62-54)50-28-14-15-29-51(50)59(52,43-21-6-2-7-22-43)44-23-8-3-9-24-44/h1-39H. The number of anilines is 3. The summed E-state index contributed by atoms with van der Waals surface area (Å²) >= 11 is 0. The number of benzene rings is 10. The fourth-order valence-corrected chi connectivity index (χ4v) is 9.92. The van der Waals surface area contributed by atoms with E-state index in [0.717, 1.165) is 44.9 Å². The quantitative estimate of drug-likeness (QED) is 0.160. The highest BCUT2D eigenvalue weighted by Gasteiger charge is 2.48. The maximum Gasteiger partial charge on any atom is 0.178 e. The summed E-state index contributed by atoms with van der Waals surface area (Å²) in [6, 6.07) is 84.2. The Kier molecular flexibility index (Phi) is 8.39. The molecule has 1 aliphatic carbocycles. The summed E-state index contributed by atoms with van der Waals surface area (Å²) in [5.41, 5.74) is 14.3. The Balaban J connectivity index is 0.974. The van der Waals surface area contributed by atoms with E-state index in [-0.39, 0.29) is 0 Å². The molecule has 1 heterocycles. The van der Waals surface area contributed by atoms with Crippen LogP contribution in [0.3, 0.4) is 0 Å². The van der Waals surface area contributed by atoms with E-state index in [4.69, 9.17) is 9.47 Å². The zero-order chi connectivity index (χ0) is 41.0. The Bertz CT molecular complexity index is 3240. The molecule has 12 rings (SSSR count). The Morgan fingerprint density at radius 2 is 0.919 bits per heavy atom. The van der Waals surface area contributed by atoms with Gasteiger partial charge < -0.3 is 14.4 Å². The lowest BCUT2D eigenvalue weighted by Crippen LogP contribution is -2.28. The average Bonchev–Trinajstić information content (AvgIpc) is 3.66. The number of hydrogen-bond donors (Lipinski definition) is 0. The molecule has 3 heteroatoms. The summed E-state index contributed by atoms with van der Waals surface area (Å²) < 4.78 is 14.0. The molecule has 0 radical (unpaired) electrons. The van der Waals surface area contributed by atoms with E-state index in [2.05, 4.69) is 241 Å². The molecule has 0 N–H and O–H groups in total. The van der Waals surface area contributed by atoms with Gasteiger partial charge in [0.05, 0.1) is 16.8 Å². The maximum atomic E-state index is 7.03. The van der Waals surface area contributed by atoms with Gasteiger partial charge in [-0.15, -0.1) is 0 Å². The van der Waals surface area contributed by atoms with E-state index in [0.29, 0.717) is 17.2 Å². The van der Waals surface area contributed by atoms with Gasteiger partial charge in [0.25, 0.3) is 0 Å². The van der Waals surface area contributed by atoms with Crippen molar-refractivity contribution in [1.29, 1.82) is 0 Å². The average molecular weight is 794 g/mol. The monoisotopic (exact) mass is 793 g/mol.